The summed E-state index contributed by atoms with van der Waals surface area (Å²) in [6, 6.07) is 7.73. The van der Waals surface area contributed by atoms with Crippen molar-refractivity contribution in [3.05, 3.63) is 41.4 Å². The van der Waals surface area contributed by atoms with E-state index in [2.05, 4.69) is 0 Å². The van der Waals surface area contributed by atoms with E-state index >= 15 is 0 Å². The van der Waals surface area contributed by atoms with Crippen LogP contribution in [0, 0.1) is 0 Å². The molecule has 0 radical (unpaired) electrons. The number of hydrogen-bond acceptors (Lipinski definition) is 3. The molecule has 1 aromatic carbocycles. The zero-order valence-corrected chi connectivity index (χ0v) is 6.58. The molecule has 0 unspecified atom stereocenters. The highest BCUT2D eigenvalue weighted by Crippen LogP contribution is 2.25. The van der Waals surface area contributed by atoms with Crippen molar-refractivity contribution in [2.45, 2.75) is 6.42 Å². The van der Waals surface area contributed by atoms with Crippen LogP contribution in [0.5, 0.6) is 5.75 Å². The molecule has 1 aromatic rings. The van der Waals surface area contributed by atoms with Gasteiger partial charge in [0.2, 0.25) is 5.88 Å². The van der Waals surface area contributed by atoms with Crippen molar-refractivity contribution in [1.29, 1.82) is 0 Å². The lowest BCUT2D eigenvalue weighted by Gasteiger charge is -2.17. The zero-order valence-electron chi connectivity index (χ0n) is 6.58. The first-order valence-electron chi connectivity index (χ1n) is 3.77. The van der Waals surface area contributed by atoms with Gasteiger partial charge >= 0.3 is 0 Å². The lowest BCUT2D eigenvalue weighted by atomic mass is 10.1. The third-order valence-electron chi connectivity index (χ3n) is 1.89. The van der Waals surface area contributed by atoms with Gasteiger partial charge in [0.15, 0.2) is 0 Å². The van der Waals surface area contributed by atoms with Gasteiger partial charge in [0, 0.05) is 12.0 Å². The van der Waals surface area contributed by atoms with Gasteiger partial charge in [-0.2, -0.15) is 0 Å². The van der Waals surface area contributed by atoms with Crippen LogP contribution in [0.1, 0.15) is 5.56 Å². The van der Waals surface area contributed by atoms with Crippen molar-refractivity contribution in [3.63, 3.8) is 0 Å². The van der Waals surface area contributed by atoms with Gasteiger partial charge in [-0.3, -0.25) is 0 Å². The van der Waals surface area contributed by atoms with E-state index in [1.54, 1.807) is 0 Å². The summed E-state index contributed by atoms with van der Waals surface area (Å²) in [6.07, 6.45) is 0.683. The number of benzene rings is 1. The summed E-state index contributed by atoms with van der Waals surface area (Å²) < 4.78 is 5.28. The van der Waals surface area contributed by atoms with Crippen molar-refractivity contribution < 1.29 is 4.74 Å². The Hall–Kier alpha value is -1.64. The summed E-state index contributed by atoms with van der Waals surface area (Å²) in [7, 11) is 0. The molecule has 0 saturated carbocycles. The average Bonchev–Trinajstić information content (AvgIpc) is 2.07. The van der Waals surface area contributed by atoms with Crippen molar-refractivity contribution in [3.8, 4) is 5.75 Å². The number of allylic oxidation sites excluding steroid dienone is 1. The maximum absolute atomic E-state index is 5.62. The third kappa shape index (κ3) is 0.993. The minimum atomic E-state index is 0.328. The second-order valence-corrected chi connectivity index (χ2v) is 2.78. The van der Waals surface area contributed by atoms with Gasteiger partial charge in [-0.15, -0.1) is 0 Å². The van der Waals surface area contributed by atoms with Gasteiger partial charge in [-0.05, 0) is 6.07 Å². The van der Waals surface area contributed by atoms with E-state index < -0.39 is 0 Å². The first-order valence-corrected chi connectivity index (χ1v) is 3.77. The number of para-hydroxylation sites is 1. The molecule has 0 aromatic heterocycles. The second kappa shape index (κ2) is 2.44. The fourth-order valence-corrected chi connectivity index (χ4v) is 1.23. The molecule has 0 aliphatic carbocycles. The van der Waals surface area contributed by atoms with Gasteiger partial charge in [-0.25, -0.2) is 0 Å². The van der Waals surface area contributed by atoms with E-state index in [0.29, 0.717) is 18.0 Å². The number of nitrogens with two attached hydrogens (primary N) is 2. The molecule has 0 atom stereocenters. The average molecular weight is 162 g/mol. The summed E-state index contributed by atoms with van der Waals surface area (Å²) in [5, 5.41) is 0. The lowest BCUT2D eigenvalue weighted by Crippen LogP contribution is -2.21. The third-order valence-corrected chi connectivity index (χ3v) is 1.89. The molecule has 0 amide bonds. The van der Waals surface area contributed by atoms with E-state index in [0.717, 1.165) is 11.3 Å². The van der Waals surface area contributed by atoms with Crippen LogP contribution in [0.4, 0.5) is 0 Å². The number of ether oxygens (including phenoxy) is 1. The van der Waals surface area contributed by atoms with Crippen LogP contribution < -0.4 is 16.2 Å². The molecule has 0 fully saturated rings. The SMILES string of the molecule is NC1=C(N)Oc2ccccc2C1. The van der Waals surface area contributed by atoms with Crippen LogP contribution in [0.15, 0.2) is 35.8 Å². The molecule has 1 aliphatic heterocycles. The molecule has 0 spiro atoms. The molecule has 1 aliphatic rings. The summed E-state index contributed by atoms with van der Waals surface area (Å²) in [5.41, 5.74) is 12.8. The summed E-state index contributed by atoms with van der Waals surface area (Å²) in [5.74, 6) is 1.14. The fourth-order valence-electron chi connectivity index (χ4n) is 1.23. The molecule has 4 N–H and O–H groups in total. The number of hydrogen-bond donors (Lipinski definition) is 2. The smallest absolute Gasteiger partial charge is 0.210 e. The minimum Gasteiger partial charge on any atom is -0.439 e. The normalized spacial score (nSPS) is 15.3. The quantitative estimate of drug-likeness (QED) is 0.590. The van der Waals surface area contributed by atoms with Gasteiger partial charge in [0.1, 0.15) is 5.75 Å². The van der Waals surface area contributed by atoms with Gasteiger partial charge in [0.05, 0.1) is 5.70 Å². The summed E-state index contributed by atoms with van der Waals surface area (Å²) in [6.45, 7) is 0. The predicted octanol–water partition coefficient (Wildman–Crippen LogP) is 0.708. The van der Waals surface area contributed by atoms with Crippen LogP contribution in [-0.2, 0) is 6.42 Å². The molecule has 2 rings (SSSR count). The van der Waals surface area contributed by atoms with Crippen LogP contribution in [0.2, 0.25) is 0 Å². The summed E-state index contributed by atoms with van der Waals surface area (Å²) in [4.78, 5) is 0. The van der Waals surface area contributed by atoms with Crippen LogP contribution >= 0.6 is 0 Å². The largest absolute Gasteiger partial charge is 0.439 e. The molecular formula is C9H10N2O. The highest BCUT2D eigenvalue weighted by atomic mass is 16.5. The maximum Gasteiger partial charge on any atom is 0.210 e. The standard InChI is InChI=1S/C9H10N2O/c10-7-5-6-3-1-2-4-8(6)12-9(7)11/h1-4H,5,10-11H2. The van der Waals surface area contributed by atoms with Gasteiger partial charge in [-0.1, -0.05) is 18.2 Å². The predicted molar refractivity (Wildman–Crippen MR) is 46.2 cm³/mol. The van der Waals surface area contributed by atoms with Gasteiger partial charge < -0.3 is 16.2 Å². The van der Waals surface area contributed by atoms with E-state index in [-0.39, 0.29) is 0 Å². The van der Waals surface area contributed by atoms with Crippen LogP contribution in [0.3, 0.4) is 0 Å². The number of rotatable bonds is 0. The van der Waals surface area contributed by atoms with Crippen LogP contribution in [0.25, 0.3) is 0 Å². The molecule has 12 heavy (non-hydrogen) atoms. The zero-order chi connectivity index (χ0) is 8.55. The molecule has 3 heteroatoms. The first-order chi connectivity index (χ1) is 5.77. The van der Waals surface area contributed by atoms with E-state index in [1.165, 1.54) is 0 Å². The Morgan fingerprint density at radius 3 is 2.75 bits per heavy atom. The second-order valence-electron chi connectivity index (χ2n) is 2.78. The van der Waals surface area contributed by atoms with E-state index in [4.69, 9.17) is 16.2 Å². The highest BCUT2D eigenvalue weighted by Gasteiger charge is 2.13. The molecule has 62 valence electrons. The molecule has 0 saturated heterocycles. The molecule has 0 bridgehead atoms. The Morgan fingerprint density at radius 2 is 1.92 bits per heavy atom. The van der Waals surface area contributed by atoms with Gasteiger partial charge in [0.25, 0.3) is 0 Å². The fraction of sp³-hybridized carbons (Fsp3) is 0.111. The highest BCUT2D eigenvalue weighted by molar-refractivity contribution is 5.40. The maximum atomic E-state index is 5.62. The van der Waals surface area contributed by atoms with E-state index in [9.17, 15) is 0 Å². The number of fused-ring (bicyclic) bond motifs is 1. The van der Waals surface area contributed by atoms with Crippen molar-refractivity contribution >= 4 is 0 Å². The Balaban J connectivity index is 2.43. The van der Waals surface area contributed by atoms with Crippen molar-refractivity contribution in [2.24, 2.45) is 11.5 Å². The Kier molecular flexibility index (Phi) is 1.43. The van der Waals surface area contributed by atoms with Crippen LogP contribution in [-0.4, -0.2) is 0 Å². The summed E-state index contributed by atoms with van der Waals surface area (Å²) >= 11 is 0. The van der Waals surface area contributed by atoms with Crippen molar-refractivity contribution in [1.82, 2.24) is 0 Å². The molecule has 3 nitrogen and oxygen atoms in total. The van der Waals surface area contributed by atoms with E-state index in [1.807, 2.05) is 24.3 Å². The molecular weight excluding hydrogens is 152 g/mol. The molecule has 1 heterocycles. The Morgan fingerprint density at radius 1 is 1.17 bits per heavy atom. The monoisotopic (exact) mass is 162 g/mol. The Labute approximate surface area is 70.6 Å². The Bertz CT molecular complexity index is 311. The lowest BCUT2D eigenvalue weighted by molar-refractivity contribution is 0.394. The minimum absolute atomic E-state index is 0.328. The first kappa shape index (κ1) is 7.03. The topological polar surface area (TPSA) is 61.3 Å². The van der Waals surface area contributed by atoms with Crippen molar-refractivity contribution in [2.75, 3.05) is 0 Å².